The number of halogens is 1. The first kappa shape index (κ1) is 17.2. The van der Waals surface area contributed by atoms with E-state index < -0.39 is 0 Å². The molecular weight excluding hydrogens is 366 g/mol. The number of hydrogen-bond donors (Lipinski definition) is 0. The van der Waals surface area contributed by atoms with E-state index in [1.165, 1.54) is 5.56 Å². The SMILES string of the molecule is Cc1noc(C)c1CSc1nc2cc(Cl)ccc2n1Cc1ccccc1. The maximum atomic E-state index is 6.16. The fourth-order valence-corrected chi connectivity index (χ4v) is 4.29. The lowest BCUT2D eigenvalue weighted by molar-refractivity contribution is 0.392. The summed E-state index contributed by atoms with van der Waals surface area (Å²) in [4.78, 5) is 4.82. The first-order valence-electron chi connectivity index (χ1n) is 8.36. The van der Waals surface area contributed by atoms with E-state index in [2.05, 4.69) is 34.0 Å². The van der Waals surface area contributed by atoms with E-state index in [0.29, 0.717) is 5.02 Å². The van der Waals surface area contributed by atoms with Crippen LogP contribution in [0, 0.1) is 13.8 Å². The van der Waals surface area contributed by atoms with Crippen molar-refractivity contribution < 1.29 is 4.52 Å². The van der Waals surface area contributed by atoms with Crippen LogP contribution in [0.2, 0.25) is 5.02 Å². The number of imidazole rings is 1. The number of benzene rings is 2. The first-order chi connectivity index (χ1) is 12.6. The predicted molar refractivity (Wildman–Crippen MR) is 106 cm³/mol. The third-order valence-electron chi connectivity index (χ3n) is 4.39. The zero-order chi connectivity index (χ0) is 18.1. The van der Waals surface area contributed by atoms with Crippen molar-refractivity contribution in [1.29, 1.82) is 0 Å². The Bertz CT molecular complexity index is 1040. The molecule has 0 aliphatic rings. The maximum absolute atomic E-state index is 6.16. The summed E-state index contributed by atoms with van der Waals surface area (Å²) >= 11 is 7.86. The summed E-state index contributed by atoms with van der Waals surface area (Å²) in [6, 6.07) is 16.3. The lowest BCUT2D eigenvalue weighted by Crippen LogP contribution is -2.01. The van der Waals surface area contributed by atoms with Gasteiger partial charge in [-0.15, -0.1) is 0 Å². The van der Waals surface area contributed by atoms with Gasteiger partial charge in [0.2, 0.25) is 0 Å². The van der Waals surface area contributed by atoms with Gasteiger partial charge in [-0.2, -0.15) is 0 Å². The molecule has 4 nitrogen and oxygen atoms in total. The van der Waals surface area contributed by atoms with Gasteiger partial charge in [0.1, 0.15) is 5.76 Å². The smallest absolute Gasteiger partial charge is 0.169 e. The molecule has 2 aromatic carbocycles. The Morgan fingerprint density at radius 2 is 1.92 bits per heavy atom. The fraction of sp³-hybridized carbons (Fsp3) is 0.200. The van der Waals surface area contributed by atoms with Crippen LogP contribution in [0.15, 0.2) is 58.2 Å². The Hall–Kier alpha value is -2.24. The van der Waals surface area contributed by atoms with Gasteiger partial charge >= 0.3 is 0 Å². The molecule has 0 aliphatic heterocycles. The lowest BCUT2D eigenvalue weighted by atomic mass is 10.2. The van der Waals surface area contributed by atoms with Gasteiger partial charge in [0.05, 0.1) is 23.3 Å². The second-order valence-electron chi connectivity index (χ2n) is 6.19. The van der Waals surface area contributed by atoms with Gasteiger partial charge in [-0.25, -0.2) is 4.98 Å². The summed E-state index contributed by atoms with van der Waals surface area (Å²) in [6.07, 6.45) is 0. The van der Waals surface area contributed by atoms with Crippen molar-refractivity contribution in [1.82, 2.24) is 14.7 Å². The second-order valence-corrected chi connectivity index (χ2v) is 7.57. The van der Waals surface area contributed by atoms with Gasteiger partial charge in [-0.3, -0.25) is 0 Å². The van der Waals surface area contributed by atoms with E-state index in [1.807, 2.05) is 38.1 Å². The molecule has 0 spiro atoms. The number of aromatic nitrogens is 3. The second kappa shape index (κ2) is 7.17. The Morgan fingerprint density at radius 3 is 2.65 bits per heavy atom. The highest BCUT2D eigenvalue weighted by molar-refractivity contribution is 7.98. The monoisotopic (exact) mass is 383 g/mol. The minimum absolute atomic E-state index is 0.698. The predicted octanol–water partition coefficient (Wildman–Crippen LogP) is 5.64. The van der Waals surface area contributed by atoms with Gasteiger partial charge in [-0.1, -0.05) is 58.9 Å². The van der Waals surface area contributed by atoms with Crippen LogP contribution in [0.1, 0.15) is 22.6 Å². The highest BCUT2D eigenvalue weighted by atomic mass is 35.5. The van der Waals surface area contributed by atoms with Crippen molar-refractivity contribution in [3.8, 4) is 0 Å². The van der Waals surface area contributed by atoms with Gasteiger partial charge in [0.25, 0.3) is 0 Å². The molecule has 0 saturated heterocycles. The topological polar surface area (TPSA) is 43.9 Å². The Morgan fingerprint density at radius 1 is 1.12 bits per heavy atom. The zero-order valence-corrected chi connectivity index (χ0v) is 16.1. The van der Waals surface area contributed by atoms with Crippen LogP contribution in [-0.2, 0) is 12.3 Å². The Balaban J connectivity index is 1.71. The minimum Gasteiger partial charge on any atom is -0.361 e. The number of rotatable bonds is 5. The molecule has 0 unspecified atom stereocenters. The van der Waals surface area contributed by atoms with Crippen LogP contribution >= 0.6 is 23.4 Å². The van der Waals surface area contributed by atoms with Crippen molar-refractivity contribution in [2.45, 2.75) is 31.3 Å². The number of nitrogens with zero attached hydrogens (tertiary/aromatic N) is 3. The average molecular weight is 384 g/mol. The van der Waals surface area contributed by atoms with Crippen LogP contribution in [-0.4, -0.2) is 14.7 Å². The van der Waals surface area contributed by atoms with E-state index in [1.54, 1.807) is 11.8 Å². The van der Waals surface area contributed by atoms with Gasteiger partial charge < -0.3 is 9.09 Å². The van der Waals surface area contributed by atoms with E-state index in [4.69, 9.17) is 21.1 Å². The molecule has 0 saturated carbocycles. The van der Waals surface area contributed by atoms with Crippen LogP contribution < -0.4 is 0 Å². The summed E-state index contributed by atoms with van der Waals surface area (Å²) in [7, 11) is 0. The Labute approximate surface area is 161 Å². The van der Waals surface area contributed by atoms with E-state index >= 15 is 0 Å². The summed E-state index contributed by atoms with van der Waals surface area (Å²) in [5, 5.41) is 5.70. The van der Waals surface area contributed by atoms with E-state index in [0.717, 1.165) is 45.5 Å². The van der Waals surface area contributed by atoms with E-state index in [-0.39, 0.29) is 0 Å². The summed E-state index contributed by atoms with van der Waals surface area (Å²) < 4.78 is 7.52. The van der Waals surface area contributed by atoms with E-state index in [9.17, 15) is 0 Å². The molecule has 132 valence electrons. The summed E-state index contributed by atoms with van der Waals surface area (Å²) in [5.41, 5.74) is 5.30. The molecule has 0 atom stereocenters. The number of fused-ring (bicyclic) bond motifs is 1. The molecular formula is C20H18ClN3OS. The summed E-state index contributed by atoms with van der Waals surface area (Å²) in [6.45, 7) is 4.69. The molecule has 0 aliphatic carbocycles. The maximum Gasteiger partial charge on any atom is 0.169 e. The van der Waals surface area contributed by atoms with Crippen LogP contribution in [0.3, 0.4) is 0 Å². The third-order valence-corrected chi connectivity index (χ3v) is 5.62. The Kier molecular flexibility index (Phi) is 4.74. The van der Waals surface area contributed by atoms with Crippen molar-refractivity contribution >= 4 is 34.4 Å². The highest BCUT2D eigenvalue weighted by Gasteiger charge is 2.15. The van der Waals surface area contributed by atoms with Crippen molar-refractivity contribution in [2.75, 3.05) is 0 Å². The molecule has 0 fully saturated rings. The fourth-order valence-electron chi connectivity index (χ4n) is 2.95. The molecule has 4 rings (SSSR count). The number of thioether (sulfide) groups is 1. The molecule has 2 heterocycles. The van der Waals surface area contributed by atoms with Crippen LogP contribution in [0.4, 0.5) is 0 Å². The highest BCUT2D eigenvalue weighted by Crippen LogP contribution is 2.30. The van der Waals surface area contributed by atoms with Gasteiger partial charge in [0.15, 0.2) is 5.16 Å². The molecule has 0 radical (unpaired) electrons. The van der Waals surface area contributed by atoms with Gasteiger partial charge in [0, 0.05) is 16.3 Å². The van der Waals surface area contributed by atoms with Crippen LogP contribution in [0.5, 0.6) is 0 Å². The molecule has 26 heavy (non-hydrogen) atoms. The molecule has 0 bridgehead atoms. The largest absolute Gasteiger partial charge is 0.361 e. The van der Waals surface area contributed by atoms with Crippen molar-refractivity contribution in [2.24, 2.45) is 0 Å². The van der Waals surface area contributed by atoms with Crippen LogP contribution in [0.25, 0.3) is 11.0 Å². The lowest BCUT2D eigenvalue weighted by Gasteiger charge is -2.09. The summed E-state index contributed by atoms with van der Waals surface area (Å²) in [5.74, 6) is 1.64. The number of aryl methyl sites for hydroxylation is 2. The standard InChI is InChI=1S/C20H18ClN3OS/c1-13-17(14(2)25-23-13)12-26-20-22-18-10-16(21)8-9-19(18)24(20)11-15-6-4-3-5-7-15/h3-10H,11-12H2,1-2H3. The molecule has 4 aromatic rings. The molecule has 0 amide bonds. The zero-order valence-electron chi connectivity index (χ0n) is 14.6. The molecule has 0 N–H and O–H groups in total. The minimum atomic E-state index is 0.698. The molecule has 2 aromatic heterocycles. The average Bonchev–Trinajstić information content (AvgIpc) is 3.13. The molecule has 6 heteroatoms. The van der Waals surface area contributed by atoms with Gasteiger partial charge in [-0.05, 0) is 37.6 Å². The number of hydrogen-bond acceptors (Lipinski definition) is 4. The van der Waals surface area contributed by atoms with Crippen molar-refractivity contribution in [3.05, 3.63) is 76.1 Å². The first-order valence-corrected chi connectivity index (χ1v) is 9.72. The normalized spacial score (nSPS) is 11.3. The quantitative estimate of drug-likeness (QED) is 0.418. The third kappa shape index (κ3) is 3.37. The van der Waals surface area contributed by atoms with Crippen molar-refractivity contribution in [3.63, 3.8) is 0 Å².